The first kappa shape index (κ1) is 18.6. The molecular weight excluding hydrogens is 342 g/mol. The van der Waals surface area contributed by atoms with E-state index in [0.29, 0.717) is 50.8 Å². The first-order chi connectivity index (χ1) is 13.1. The summed E-state index contributed by atoms with van der Waals surface area (Å²) in [7, 11) is 0. The van der Waals surface area contributed by atoms with Crippen LogP contribution >= 0.6 is 0 Å². The number of hydrogen-bond acceptors (Lipinski definition) is 6. The molecule has 140 valence electrons. The fourth-order valence-corrected chi connectivity index (χ4v) is 3.06. The van der Waals surface area contributed by atoms with E-state index in [1.54, 1.807) is 6.07 Å². The lowest BCUT2D eigenvalue weighted by Gasteiger charge is -2.35. The standard InChI is InChI=1S/C20H23N5O2/c1-3-27-18-6-4-16(5-7-18)13-19(26)24-8-10-25(11-9-24)20-22-15(2)12-17(14-21)23-20/h4-7,12H,3,8-11,13H2,1-2H3. The Morgan fingerprint density at radius 3 is 2.52 bits per heavy atom. The van der Waals surface area contributed by atoms with Crippen LogP contribution in [0.2, 0.25) is 0 Å². The highest BCUT2D eigenvalue weighted by Gasteiger charge is 2.23. The molecule has 1 aliphatic rings. The maximum absolute atomic E-state index is 12.6. The quantitative estimate of drug-likeness (QED) is 0.805. The van der Waals surface area contributed by atoms with Crippen LogP contribution in [0.4, 0.5) is 5.95 Å². The van der Waals surface area contributed by atoms with Crippen LogP contribution in [0.15, 0.2) is 30.3 Å². The first-order valence-electron chi connectivity index (χ1n) is 9.09. The summed E-state index contributed by atoms with van der Waals surface area (Å²) in [5.74, 6) is 1.49. The smallest absolute Gasteiger partial charge is 0.227 e. The zero-order chi connectivity index (χ0) is 19.2. The molecule has 7 nitrogen and oxygen atoms in total. The van der Waals surface area contributed by atoms with Gasteiger partial charge >= 0.3 is 0 Å². The van der Waals surface area contributed by atoms with Crippen LogP contribution in [-0.2, 0) is 11.2 Å². The highest BCUT2D eigenvalue weighted by Crippen LogP contribution is 2.16. The Balaban J connectivity index is 1.56. The maximum atomic E-state index is 12.6. The summed E-state index contributed by atoms with van der Waals surface area (Å²) in [5, 5.41) is 9.07. The van der Waals surface area contributed by atoms with E-state index in [2.05, 4.69) is 16.0 Å². The van der Waals surface area contributed by atoms with Gasteiger partial charge in [0.1, 0.15) is 17.5 Å². The second-order valence-corrected chi connectivity index (χ2v) is 6.43. The van der Waals surface area contributed by atoms with Crippen molar-refractivity contribution in [3.63, 3.8) is 0 Å². The summed E-state index contributed by atoms with van der Waals surface area (Å²) in [5.41, 5.74) is 2.11. The van der Waals surface area contributed by atoms with E-state index in [0.717, 1.165) is 17.0 Å². The number of amides is 1. The summed E-state index contributed by atoms with van der Waals surface area (Å²) >= 11 is 0. The molecule has 0 spiro atoms. The van der Waals surface area contributed by atoms with Crippen LogP contribution in [0, 0.1) is 18.3 Å². The van der Waals surface area contributed by atoms with Gasteiger partial charge in [0, 0.05) is 31.9 Å². The van der Waals surface area contributed by atoms with Crippen LogP contribution in [0.5, 0.6) is 5.75 Å². The third kappa shape index (κ3) is 4.73. The number of rotatable bonds is 5. The van der Waals surface area contributed by atoms with Crippen LogP contribution < -0.4 is 9.64 Å². The predicted octanol–water partition coefficient (Wildman–Crippen LogP) is 1.95. The van der Waals surface area contributed by atoms with Crippen molar-refractivity contribution < 1.29 is 9.53 Å². The van der Waals surface area contributed by atoms with E-state index in [1.165, 1.54) is 0 Å². The van der Waals surface area contributed by atoms with Crippen molar-refractivity contribution >= 4 is 11.9 Å². The molecule has 0 aliphatic carbocycles. The van der Waals surface area contributed by atoms with Crippen molar-refractivity contribution in [2.24, 2.45) is 0 Å². The van der Waals surface area contributed by atoms with Gasteiger partial charge in [-0.2, -0.15) is 5.26 Å². The van der Waals surface area contributed by atoms with Gasteiger partial charge in [0.25, 0.3) is 0 Å². The van der Waals surface area contributed by atoms with Gasteiger partial charge in [0.2, 0.25) is 11.9 Å². The Bertz CT molecular complexity index is 836. The maximum Gasteiger partial charge on any atom is 0.227 e. The number of aryl methyl sites for hydroxylation is 1. The van der Waals surface area contributed by atoms with Gasteiger partial charge in [0.05, 0.1) is 13.0 Å². The molecule has 0 atom stereocenters. The molecule has 0 radical (unpaired) electrons. The number of benzene rings is 1. The molecule has 1 saturated heterocycles. The molecule has 2 heterocycles. The van der Waals surface area contributed by atoms with E-state index in [-0.39, 0.29) is 5.91 Å². The molecule has 0 bridgehead atoms. The van der Waals surface area contributed by atoms with Crippen molar-refractivity contribution in [3.05, 3.63) is 47.3 Å². The number of nitriles is 1. The fourth-order valence-electron chi connectivity index (χ4n) is 3.06. The van der Waals surface area contributed by atoms with Gasteiger partial charge in [0.15, 0.2) is 0 Å². The molecule has 1 aromatic heterocycles. The number of carbonyl (C=O) groups excluding carboxylic acids is 1. The first-order valence-corrected chi connectivity index (χ1v) is 9.09. The van der Waals surface area contributed by atoms with Crippen molar-refractivity contribution in [1.29, 1.82) is 5.26 Å². The second kappa shape index (κ2) is 8.49. The minimum absolute atomic E-state index is 0.113. The zero-order valence-electron chi connectivity index (χ0n) is 15.7. The molecular formula is C20H23N5O2. The minimum Gasteiger partial charge on any atom is -0.494 e. The van der Waals surface area contributed by atoms with Crippen LogP contribution in [0.3, 0.4) is 0 Å². The van der Waals surface area contributed by atoms with Crippen LogP contribution in [0.25, 0.3) is 0 Å². The number of carbonyl (C=O) groups is 1. The summed E-state index contributed by atoms with van der Waals surface area (Å²) in [4.78, 5) is 25.2. The summed E-state index contributed by atoms with van der Waals surface area (Å²) < 4.78 is 5.43. The van der Waals surface area contributed by atoms with Gasteiger partial charge in [-0.3, -0.25) is 4.79 Å². The van der Waals surface area contributed by atoms with E-state index in [9.17, 15) is 4.79 Å². The lowest BCUT2D eigenvalue weighted by molar-refractivity contribution is -0.130. The van der Waals surface area contributed by atoms with Gasteiger partial charge in [-0.25, -0.2) is 9.97 Å². The zero-order valence-corrected chi connectivity index (χ0v) is 15.7. The molecule has 0 N–H and O–H groups in total. The number of piperazine rings is 1. The third-order valence-electron chi connectivity index (χ3n) is 4.46. The molecule has 7 heteroatoms. The minimum atomic E-state index is 0.113. The van der Waals surface area contributed by atoms with E-state index in [1.807, 2.05) is 47.9 Å². The molecule has 1 amide bonds. The van der Waals surface area contributed by atoms with Crippen molar-refractivity contribution in [2.75, 3.05) is 37.7 Å². The Labute approximate surface area is 159 Å². The summed E-state index contributed by atoms with van der Waals surface area (Å²) in [6, 6.07) is 11.4. The number of ether oxygens (including phenoxy) is 1. The van der Waals surface area contributed by atoms with E-state index in [4.69, 9.17) is 10.00 Å². The van der Waals surface area contributed by atoms with Gasteiger partial charge in [-0.1, -0.05) is 12.1 Å². The lowest BCUT2D eigenvalue weighted by atomic mass is 10.1. The average Bonchev–Trinajstić information content (AvgIpc) is 2.69. The highest BCUT2D eigenvalue weighted by molar-refractivity contribution is 5.79. The van der Waals surface area contributed by atoms with E-state index >= 15 is 0 Å². The molecule has 1 aliphatic heterocycles. The predicted molar refractivity (Wildman–Crippen MR) is 102 cm³/mol. The highest BCUT2D eigenvalue weighted by atomic mass is 16.5. The average molecular weight is 365 g/mol. The number of aromatic nitrogens is 2. The van der Waals surface area contributed by atoms with Crippen molar-refractivity contribution in [3.8, 4) is 11.8 Å². The van der Waals surface area contributed by atoms with Crippen LogP contribution in [-0.4, -0.2) is 53.6 Å². The topological polar surface area (TPSA) is 82.4 Å². The molecule has 1 aromatic carbocycles. The monoisotopic (exact) mass is 365 g/mol. The number of anilines is 1. The van der Waals surface area contributed by atoms with Crippen LogP contribution in [0.1, 0.15) is 23.9 Å². The SMILES string of the molecule is CCOc1ccc(CC(=O)N2CCN(c3nc(C)cc(C#N)n3)CC2)cc1. The third-order valence-corrected chi connectivity index (χ3v) is 4.46. The van der Waals surface area contributed by atoms with Gasteiger partial charge in [-0.05, 0) is 37.6 Å². The molecule has 3 rings (SSSR count). The number of hydrogen-bond donors (Lipinski definition) is 0. The van der Waals surface area contributed by atoms with Crippen molar-refractivity contribution in [1.82, 2.24) is 14.9 Å². The Kier molecular flexibility index (Phi) is 5.87. The molecule has 0 saturated carbocycles. The Hall–Kier alpha value is -3.14. The summed E-state index contributed by atoms with van der Waals surface area (Å²) in [6.07, 6.45) is 0.381. The Morgan fingerprint density at radius 2 is 1.89 bits per heavy atom. The normalized spacial score (nSPS) is 14.0. The molecule has 27 heavy (non-hydrogen) atoms. The number of nitrogens with zero attached hydrogens (tertiary/aromatic N) is 5. The fraction of sp³-hybridized carbons (Fsp3) is 0.400. The largest absolute Gasteiger partial charge is 0.494 e. The summed E-state index contributed by atoms with van der Waals surface area (Å²) in [6.45, 7) is 6.97. The second-order valence-electron chi connectivity index (χ2n) is 6.43. The molecule has 0 unspecified atom stereocenters. The van der Waals surface area contributed by atoms with Gasteiger partial charge in [-0.15, -0.1) is 0 Å². The molecule has 1 fully saturated rings. The van der Waals surface area contributed by atoms with Crippen molar-refractivity contribution in [2.45, 2.75) is 20.3 Å². The van der Waals surface area contributed by atoms with E-state index < -0.39 is 0 Å². The lowest BCUT2D eigenvalue weighted by Crippen LogP contribution is -2.49. The molecule has 2 aromatic rings. The van der Waals surface area contributed by atoms with Gasteiger partial charge < -0.3 is 14.5 Å². The Morgan fingerprint density at radius 1 is 1.19 bits per heavy atom.